The van der Waals surface area contributed by atoms with Crippen molar-refractivity contribution in [1.82, 2.24) is 14.9 Å². The Hall–Kier alpha value is -2.69. The van der Waals surface area contributed by atoms with E-state index in [1.54, 1.807) is 17.3 Å². The first-order valence-electron chi connectivity index (χ1n) is 7.58. The molecule has 0 radical (unpaired) electrons. The van der Waals surface area contributed by atoms with Crippen molar-refractivity contribution >= 4 is 17.3 Å². The van der Waals surface area contributed by atoms with E-state index in [2.05, 4.69) is 9.97 Å². The van der Waals surface area contributed by atoms with Crippen molar-refractivity contribution < 1.29 is 9.59 Å². The molecular formula is C18H19N3O2. The number of carbonyl (C=O) groups excluding carboxylic acids is 2. The predicted molar refractivity (Wildman–Crippen MR) is 88.4 cm³/mol. The first-order chi connectivity index (χ1) is 11.0. The van der Waals surface area contributed by atoms with Crippen LogP contribution >= 0.6 is 0 Å². The number of Topliss-reactive ketones (excluding diaryl/α,β-unsaturated/α-hetero) is 1. The summed E-state index contributed by atoms with van der Waals surface area (Å²) in [5.41, 5.74) is 4.74. The summed E-state index contributed by atoms with van der Waals surface area (Å²) < 4.78 is 0. The van der Waals surface area contributed by atoms with E-state index < -0.39 is 0 Å². The van der Waals surface area contributed by atoms with Gasteiger partial charge in [-0.15, -0.1) is 0 Å². The SMILES string of the molecule is CC(=O)c1c(C)[nH]c(C(=O)N2CC=C(c3cccnc3)C2)c1C. The number of nitrogens with one attached hydrogen (secondary N) is 1. The lowest BCUT2D eigenvalue weighted by Gasteiger charge is -2.16. The first kappa shape index (κ1) is 15.2. The average Bonchev–Trinajstić information content (AvgIpc) is 3.12. The van der Waals surface area contributed by atoms with Gasteiger partial charge >= 0.3 is 0 Å². The van der Waals surface area contributed by atoms with E-state index in [0.717, 1.165) is 22.4 Å². The number of hydrogen-bond donors (Lipinski definition) is 1. The maximum atomic E-state index is 12.8. The minimum absolute atomic E-state index is 0.0223. The molecule has 0 aliphatic carbocycles. The van der Waals surface area contributed by atoms with E-state index in [1.165, 1.54) is 6.92 Å². The van der Waals surface area contributed by atoms with Crippen LogP contribution in [0.15, 0.2) is 30.6 Å². The molecule has 23 heavy (non-hydrogen) atoms. The van der Waals surface area contributed by atoms with Crippen LogP contribution in [0.4, 0.5) is 0 Å². The average molecular weight is 309 g/mol. The van der Waals surface area contributed by atoms with E-state index in [0.29, 0.717) is 24.3 Å². The van der Waals surface area contributed by atoms with Crippen molar-refractivity contribution in [1.29, 1.82) is 0 Å². The second-order valence-electron chi connectivity index (χ2n) is 5.84. The molecule has 0 atom stereocenters. The van der Waals surface area contributed by atoms with Crippen LogP contribution in [-0.4, -0.2) is 39.6 Å². The number of nitrogens with zero attached hydrogens (tertiary/aromatic N) is 2. The third-order valence-corrected chi connectivity index (χ3v) is 4.24. The summed E-state index contributed by atoms with van der Waals surface area (Å²) in [6, 6.07) is 3.88. The Balaban J connectivity index is 1.81. The molecule has 2 aromatic heterocycles. The van der Waals surface area contributed by atoms with Crippen LogP contribution in [0.1, 0.15) is 44.6 Å². The lowest BCUT2D eigenvalue weighted by Crippen LogP contribution is -2.29. The number of aromatic nitrogens is 2. The fraction of sp³-hybridized carbons (Fsp3) is 0.278. The number of aromatic amines is 1. The summed E-state index contributed by atoms with van der Waals surface area (Å²) in [6.07, 6.45) is 5.58. The molecule has 5 heteroatoms. The highest BCUT2D eigenvalue weighted by Crippen LogP contribution is 2.24. The van der Waals surface area contributed by atoms with E-state index in [-0.39, 0.29) is 11.7 Å². The molecule has 3 heterocycles. The Bertz CT molecular complexity index is 803. The van der Waals surface area contributed by atoms with Crippen LogP contribution in [-0.2, 0) is 0 Å². The van der Waals surface area contributed by atoms with Gasteiger partial charge in [0, 0.05) is 36.7 Å². The molecule has 0 saturated heterocycles. The van der Waals surface area contributed by atoms with Crippen molar-refractivity contribution in [3.8, 4) is 0 Å². The number of pyridine rings is 1. The summed E-state index contributed by atoms with van der Waals surface area (Å²) in [6.45, 7) is 6.28. The molecule has 2 aromatic rings. The Morgan fingerprint density at radius 2 is 2.09 bits per heavy atom. The number of ketones is 1. The summed E-state index contributed by atoms with van der Waals surface area (Å²) in [7, 11) is 0. The molecule has 118 valence electrons. The Kier molecular flexibility index (Phi) is 3.86. The van der Waals surface area contributed by atoms with Crippen molar-refractivity contribution in [3.63, 3.8) is 0 Å². The van der Waals surface area contributed by atoms with Crippen LogP contribution in [0.3, 0.4) is 0 Å². The smallest absolute Gasteiger partial charge is 0.271 e. The van der Waals surface area contributed by atoms with Crippen LogP contribution in [0.5, 0.6) is 0 Å². The molecule has 1 aliphatic rings. The van der Waals surface area contributed by atoms with Crippen LogP contribution in [0, 0.1) is 13.8 Å². The van der Waals surface area contributed by atoms with Crippen LogP contribution < -0.4 is 0 Å². The van der Waals surface area contributed by atoms with E-state index >= 15 is 0 Å². The molecule has 0 aromatic carbocycles. The van der Waals surface area contributed by atoms with Crippen molar-refractivity contribution in [2.45, 2.75) is 20.8 Å². The van der Waals surface area contributed by atoms with Gasteiger partial charge in [0.15, 0.2) is 5.78 Å². The number of carbonyl (C=O) groups is 2. The quantitative estimate of drug-likeness (QED) is 0.887. The molecule has 0 saturated carbocycles. The molecule has 0 spiro atoms. The third-order valence-electron chi connectivity index (χ3n) is 4.24. The van der Waals surface area contributed by atoms with Gasteiger partial charge in [0.1, 0.15) is 5.69 Å². The number of aryl methyl sites for hydroxylation is 1. The van der Waals surface area contributed by atoms with Gasteiger partial charge in [-0.2, -0.15) is 0 Å². The standard InChI is InChI=1S/C18H19N3O2/c1-11-16(13(3)22)12(2)20-17(11)18(23)21-8-6-15(10-21)14-5-4-7-19-9-14/h4-7,9,20H,8,10H2,1-3H3. The van der Waals surface area contributed by atoms with Gasteiger partial charge in [-0.1, -0.05) is 12.1 Å². The zero-order chi connectivity index (χ0) is 16.6. The van der Waals surface area contributed by atoms with Gasteiger partial charge in [-0.05, 0) is 43.5 Å². The minimum Gasteiger partial charge on any atom is -0.354 e. The van der Waals surface area contributed by atoms with Crippen molar-refractivity contribution in [2.24, 2.45) is 0 Å². The monoisotopic (exact) mass is 309 g/mol. The molecule has 3 rings (SSSR count). The molecule has 0 unspecified atom stereocenters. The first-order valence-corrected chi connectivity index (χ1v) is 7.58. The maximum Gasteiger partial charge on any atom is 0.271 e. The van der Waals surface area contributed by atoms with Gasteiger partial charge in [-0.25, -0.2) is 0 Å². The number of H-pyrrole nitrogens is 1. The molecule has 5 nitrogen and oxygen atoms in total. The van der Waals surface area contributed by atoms with E-state index in [1.807, 2.05) is 32.1 Å². The molecular weight excluding hydrogens is 290 g/mol. The zero-order valence-corrected chi connectivity index (χ0v) is 13.5. The van der Waals surface area contributed by atoms with Crippen LogP contribution in [0.2, 0.25) is 0 Å². The van der Waals surface area contributed by atoms with Crippen molar-refractivity contribution in [2.75, 3.05) is 13.1 Å². The Morgan fingerprint density at radius 1 is 1.30 bits per heavy atom. The largest absolute Gasteiger partial charge is 0.354 e. The summed E-state index contributed by atoms with van der Waals surface area (Å²) in [5.74, 6) is -0.0980. The molecule has 0 fully saturated rings. The highest BCUT2D eigenvalue weighted by Gasteiger charge is 2.26. The summed E-state index contributed by atoms with van der Waals surface area (Å²) >= 11 is 0. The number of amides is 1. The molecule has 1 aliphatic heterocycles. The summed E-state index contributed by atoms with van der Waals surface area (Å²) in [4.78, 5) is 33.5. The van der Waals surface area contributed by atoms with Gasteiger partial charge in [0.25, 0.3) is 5.91 Å². The normalized spacial score (nSPS) is 14.0. The topological polar surface area (TPSA) is 66.1 Å². The Labute approximate surface area is 135 Å². The second-order valence-corrected chi connectivity index (χ2v) is 5.84. The lowest BCUT2D eigenvalue weighted by molar-refractivity contribution is 0.0795. The summed E-state index contributed by atoms with van der Waals surface area (Å²) in [5, 5.41) is 0. The number of rotatable bonds is 3. The second kappa shape index (κ2) is 5.83. The molecule has 0 bridgehead atoms. The fourth-order valence-corrected chi connectivity index (χ4v) is 3.12. The lowest BCUT2D eigenvalue weighted by atomic mass is 10.1. The predicted octanol–water partition coefficient (Wildman–Crippen LogP) is 2.77. The van der Waals surface area contributed by atoms with Gasteiger partial charge in [0.05, 0.1) is 0 Å². The highest BCUT2D eigenvalue weighted by atomic mass is 16.2. The van der Waals surface area contributed by atoms with Gasteiger partial charge in [-0.3, -0.25) is 14.6 Å². The maximum absolute atomic E-state index is 12.8. The van der Waals surface area contributed by atoms with Crippen molar-refractivity contribution in [3.05, 3.63) is 58.7 Å². The van der Waals surface area contributed by atoms with Gasteiger partial charge in [0.2, 0.25) is 0 Å². The van der Waals surface area contributed by atoms with E-state index in [4.69, 9.17) is 0 Å². The number of hydrogen-bond acceptors (Lipinski definition) is 3. The highest BCUT2D eigenvalue weighted by molar-refractivity contribution is 6.03. The van der Waals surface area contributed by atoms with Gasteiger partial charge < -0.3 is 9.88 Å². The Morgan fingerprint density at radius 3 is 2.70 bits per heavy atom. The van der Waals surface area contributed by atoms with Crippen LogP contribution in [0.25, 0.3) is 5.57 Å². The minimum atomic E-state index is -0.0757. The fourth-order valence-electron chi connectivity index (χ4n) is 3.12. The third kappa shape index (κ3) is 2.70. The van der Waals surface area contributed by atoms with E-state index in [9.17, 15) is 9.59 Å². The molecule has 1 amide bonds. The molecule has 1 N–H and O–H groups in total. The zero-order valence-electron chi connectivity index (χ0n) is 13.5.